The number of sulfonamides is 2. The molecule has 2 amide bonds. The number of nitrogens with one attached hydrogen (secondary N) is 1. The van der Waals surface area contributed by atoms with Crippen molar-refractivity contribution in [3.63, 3.8) is 0 Å². The van der Waals surface area contributed by atoms with E-state index in [4.69, 9.17) is 9.47 Å². The molecule has 2 atom stereocenters. The first-order valence-electron chi connectivity index (χ1n) is 15.4. The molecule has 2 aromatic carbocycles. The fourth-order valence-electron chi connectivity index (χ4n) is 5.28. The van der Waals surface area contributed by atoms with Crippen LogP contribution in [0.5, 0.6) is 5.75 Å². The first-order valence-corrected chi connectivity index (χ1v) is 18.3. The summed E-state index contributed by atoms with van der Waals surface area (Å²) in [5.74, 6) is -1.73. The number of aryl methyl sites for hydroxylation is 1. The minimum Gasteiger partial charge on any atom is -0.458 e. The van der Waals surface area contributed by atoms with Crippen molar-refractivity contribution in [2.45, 2.75) is 75.0 Å². The molecule has 0 aliphatic carbocycles. The molecule has 270 valence electrons. The van der Waals surface area contributed by atoms with Gasteiger partial charge in [-0.2, -0.15) is 17.5 Å². The van der Waals surface area contributed by atoms with Gasteiger partial charge < -0.3 is 19.7 Å². The third-order valence-electron chi connectivity index (χ3n) is 7.80. The van der Waals surface area contributed by atoms with Crippen molar-refractivity contribution >= 4 is 38.0 Å². The SMILES string of the molecule is Cc1ccc(S(=O)(=O)N(C(=O)[C@@H]2CCCN2)[C@@H](Cc2ccc(OC(=O)N3CCN(S(=O)(=O)C(F)(F)F)CC3)cc2)C(=O)OC(C)(C)C)cc1. The van der Waals surface area contributed by atoms with Gasteiger partial charge in [-0.05, 0) is 76.9 Å². The Bertz CT molecular complexity index is 1730. The van der Waals surface area contributed by atoms with Gasteiger partial charge in [-0.15, -0.1) is 0 Å². The van der Waals surface area contributed by atoms with E-state index < -0.39 is 74.3 Å². The monoisotopic (exact) mass is 732 g/mol. The number of benzene rings is 2. The fourth-order valence-corrected chi connectivity index (χ4v) is 7.79. The van der Waals surface area contributed by atoms with Crippen molar-refractivity contribution in [1.29, 1.82) is 0 Å². The highest BCUT2D eigenvalue weighted by molar-refractivity contribution is 7.90. The number of rotatable bonds is 9. The predicted molar refractivity (Wildman–Crippen MR) is 170 cm³/mol. The van der Waals surface area contributed by atoms with Gasteiger partial charge in [-0.25, -0.2) is 30.7 Å². The van der Waals surface area contributed by atoms with Crippen LogP contribution in [0.15, 0.2) is 53.4 Å². The van der Waals surface area contributed by atoms with Crippen LogP contribution in [-0.2, 0) is 40.8 Å². The molecule has 13 nitrogen and oxygen atoms in total. The van der Waals surface area contributed by atoms with E-state index in [2.05, 4.69) is 5.32 Å². The molecule has 2 aliphatic rings. The molecule has 0 spiro atoms. The number of hydrogen-bond acceptors (Lipinski definition) is 10. The quantitative estimate of drug-likeness (QED) is 0.380. The molecule has 0 saturated carbocycles. The normalized spacial score (nSPS) is 18.5. The van der Waals surface area contributed by atoms with Crippen LogP contribution in [0.1, 0.15) is 44.7 Å². The Morgan fingerprint density at radius 3 is 2.04 bits per heavy atom. The minimum atomic E-state index is -5.53. The summed E-state index contributed by atoms with van der Waals surface area (Å²) in [6.45, 7) is 5.29. The number of ether oxygens (including phenoxy) is 2. The Morgan fingerprint density at radius 1 is 0.939 bits per heavy atom. The molecular weight excluding hydrogens is 693 g/mol. The van der Waals surface area contributed by atoms with Crippen LogP contribution in [0, 0.1) is 6.92 Å². The number of esters is 1. The largest absolute Gasteiger partial charge is 0.511 e. The van der Waals surface area contributed by atoms with Crippen molar-refractivity contribution in [3.05, 3.63) is 59.7 Å². The molecule has 0 bridgehead atoms. The number of halogens is 3. The summed E-state index contributed by atoms with van der Waals surface area (Å²) >= 11 is 0. The highest BCUT2D eigenvalue weighted by Gasteiger charge is 2.51. The molecule has 1 N–H and O–H groups in total. The molecule has 4 rings (SSSR count). The molecular formula is C31H39F3N4O9S2. The summed E-state index contributed by atoms with van der Waals surface area (Å²) < 4.78 is 102. The van der Waals surface area contributed by atoms with Crippen LogP contribution >= 0.6 is 0 Å². The zero-order valence-corrected chi connectivity index (χ0v) is 29.0. The lowest BCUT2D eigenvalue weighted by Crippen LogP contribution is -2.55. The lowest BCUT2D eigenvalue weighted by molar-refractivity contribution is -0.162. The van der Waals surface area contributed by atoms with Crippen molar-refractivity contribution in [2.24, 2.45) is 0 Å². The van der Waals surface area contributed by atoms with E-state index in [-0.39, 0.29) is 34.5 Å². The van der Waals surface area contributed by atoms with E-state index in [9.17, 15) is 44.4 Å². The lowest BCUT2D eigenvalue weighted by Gasteiger charge is -2.33. The van der Waals surface area contributed by atoms with E-state index in [1.165, 1.54) is 36.4 Å². The van der Waals surface area contributed by atoms with Crippen LogP contribution in [0.4, 0.5) is 18.0 Å². The maximum Gasteiger partial charge on any atom is 0.511 e. The summed E-state index contributed by atoms with van der Waals surface area (Å²) in [6, 6.07) is 9.07. The second-order valence-electron chi connectivity index (χ2n) is 12.7. The van der Waals surface area contributed by atoms with E-state index in [1.807, 2.05) is 0 Å². The highest BCUT2D eigenvalue weighted by Crippen LogP contribution is 2.29. The zero-order valence-electron chi connectivity index (χ0n) is 27.4. The Balaban J connectivity index is 1.57. The maximum absolute atomic E-state index is 14.1. The van der Waals surface area contributed by atoms with Crippen LogP contribution in [0.3, 0.4) is 0 Å². The van der Waals surface area contributed by atoms with Gasteiger partial charge in [0.05, 0.1) is 10.9 Å². The van der Waals surface area contributed by atoms with Gasteiger partial charge in [-0.1, -0.05) is 29.8 Å². The molecule has 0 radical (unpaired) electrons. The zero-order chi connectivity index (χ0) is 36.4. The Labute approximate surface area is 283 Å². The van der Waals surface area contributed by atoms with Crippen LogP contribution in [0.25, 0.3) is 0 Å². The van der Waals surface area contributed by atoms with Gasteiger partial charge in [0.15, 0.2) is 0 Å². The first-order chi connectivity index (χ1) is 22.7. The second kappa shape index (κ2) is 14.6. The number of amides is 2. The summed E-state index contributed by atoms with van der Waals surface area (Å²) in [6.07, 6.45) is -0.211. The van der Waals surface area contributed by atoms with Gasteiger partial charge >= 0.3 is 27.6 Å². The third kappa shape index (κ3) is 9.09. The molecule has 2 fully saturated rings. The Hall–Kier alpha value is -3.74. The summed E-state index contributed by atoms with van der Waals surface area (Å²) in [5, 5.41) is 3.00. The summed E-state index contributed by atoms with van der Waals surface area (Å²) in [4.78, 5) is 41.2. The summed E-state index contributed by atoms with van der Waals surface area (Å²) in [5.41, 5.74) is -5.31. The fraction of sp³-hybridized carbons (Fsp3) is 0.516. The molecule has 2 aliphatic heterocycles. The standard InChI is InChI=1S/C31H39F3N4O9S2/c1-21-7-13-24(14-8-21)48(42,43)38(27(39)25-6-5-15-35-25)26(28(40)47-30(2,3)4)20-22-9-11-23(12-10-22)46-29(41)36-16-18-37(19-17-36)49(44,45)31(32,33)34/h7-14,25-26,35H,5-6,15-20H2,1-4H3/t25-,26-/m0/s1. The van der Waals surface area contributed by atoms with Crippen LogP contribution in [-0.4, -0.2) is 104 Å². The van der Waals surface area contributed by atoms with Crippen molar-refractivity contribution in [2.75, 3.05) is 32.7 Å². The molecule has 49 heavy (non-hydrogen) atoms. The number of hydrogen-bond donors (Lipinski definition) is 1. The topological polar surface area (TPSA) is 160 Å². The highest BCUT2D eigenvalue weighted by atomic mass is 32.2. The molecule has 2 aromatic rings. The number of nitrogens with zero attached hydrogens (tertiary/aromatic N) is 3. The van der Waals surface area contributed by atoms with Crippen LogP contribution < -0.4 is 10.1 Å². The predicted octanol–water partition coefficient (Wildman–Crippen LogP) is 3.18. The van der Waals surface area contributed by atoms with Crippen molar-refractivity contribution < 1.29 is 53.9 Å². The van der Waals surface area contributed by atoms with Gasteiger partial charge in [0.2, 0.25) is 0 Å². The molecule has 0 aromatic heterocycles. The lowest BCUT2D eigenvalue weighted by atomic mass is 10.0. The van der Waals surface area contributed by atoms with E-state index in [1.54, 1.807) is 39.8 Å². The molecule has 2 saturated heterocycles. The minimum absolute atomic E-state index is 0.0169. The van der Waals surface area contributed by atoms with Gasteiger partial charge in [-0.3, -0.25) is 4.79 Å². The number of alkyl halides is 3. The number of carbonyl (C=O) groups is 3. The maximum atomic E-state index is 14.1. The van der Waals surface area contributed by atoms with Crippen molar-refractivity contribution in [1.82, 2.24) is 18.8 Å². The Kier molecular flexibility index (Phi) is 11.4. The van der Waals surface area contributed by atoms with E-state index >= 15 is 0 Å². The van der Waals surface area contributed by atoms with Crippen molar-refractivity contribution in [3.8, 4) is 5.75 Å². The number of piperazine rings is 1. The van der Waals surface area contributed by atoms with Gasteiger partial charge in [0.25, 0.3) is 15.9 Å². The average molecular weight is 733 g/mol. The number of carbonyl (C=O) groups excluding carboxylic acids is 3. The molecule has 18 heteroatoms. The molecule has 0 unspecified atom stereocenters. The average Bonchev–Trinajstić information content (AvgIpc) is 3.56. The van der Waals surface area contributed by atoms with Gasteiger partial charge in [0, 0.05) is 32.6 Å². The third-order valence-corrected chi connectivity index (χ3v) is 11.3. The van der Waals surface area contributed by atoms with E-state index in [0.717, 1.165) is 10.5 Å². The van der Waals surface area contributed by atoms with Crippen LogP contribution in [0.2, 0.25) is 0 Å². The van der Waals surface area contributed by atoms with E-state index in [0.29, 0.717) is 29.3 Å². The Morgan fingerprint density at radius 2 is 1.53 bits per heavy atom. The summed E-state index contributed by atoms with van der Waals surface area (Å²) in [7, 11) is -10.1. The second-order valence-corrected chi connectivity index (χ2v) is 16.4. The van der Waals surface area contributed by atoms with Gasteiger partial charge in [0.1, 0.15) is 17.4 Å². The smallest absolute Gasteiger partial charge is 0.458 e. The first kappa shape index (κ1) is 38.1. The molecule has 2 heterocycles.